The summed E-state index contributed by atoms with van der Waals surface area (Å²) < 4.78 is 0. The maximum absolute atomic E-state index is 12.5. The summed E-state index contributed by atoms with van der Waals surface area (Å²) in [5.74, 6) is 0.580. The van der Waals surface area contributed by atoms with Crippen molar-refractivity contribution in [2.24, 2.45) is 0 Å². The third kappa shape index (κ3) is 4.56. The molecule has 30 heavy (non-hydrogen) atoms. The number of hydrogen-bond donors (Lipinski definition) is 1. The number of hydrogen-bond acceptors (Lipinski definition) is 3. The monoisotopic (exact) mass is 445 g/mol. The number of nitrogens with zero attached hydrogens (tertiary/aromatic N) is 2. The number of aromatic amines is 1. The van der Waals surface area contributed by atoms with Gasteiger partial charge in [0, 0.05) is 40.8 Å². The SMILES string of the molecule is Cl.Cl.O=c1[nH]c2cc(CN3CCC(c4ccccn4)CC3)ccc2c2c1CCCC2. The summed E-state index contributed by atoms with van der Waals surface area (Å²) >= 11 is 0. The number of piperidine rings is 1. The molecule has 3 aromatic rings. The minimum Gasteiger partial charge on any atom is -0.322 e. The Kier molecular flexibility index (Phi) is 7.56. The lowest BCUT2D eigenvalue weighted by Crippen LogP contribution is -2.32. The number of benzene rings is 1. The van der Waals surface area contributed by atoms with Gasteiger partial charge in [-0.05, 0) is 80.9 Å². The number of halogens is 2. The molecule has 2 aromatic heterocycles. The standard InChI is InChI=1S/C24H27N3O.2ClH/c28-24-21-6-2-1-5-19(21)20-9-8-17(15-23(20)26-24)16-27-13-10-18(11-14-27)22-7-3-4-12-25-22;;/h3-4,7-9,12,15,18H,1-2,5-6,10-11,13-14,16H2,(H,26,28);2*1H. The van der Waals surface area contributed by atoms with Crippen molar-refractivity contribution in [3.8, 4) is 0 Å². The van der Waals surface area contributed by atoms with Crippen molar-refractivity contribution < 1.29 is 0 Å². The number of H-pyrrole nitrogens is 1. The van der Waals surface area contributed by atoms with Gasteiger partial charge in [-0.2, -0.15) is 0 Å². The molecule has 0 amide bonds. The first-order valence-electron chi connectivity index (χ1n) is 10.6. The summed E-state index contributed by atoms with van der Waals surface area (Å²) in [5.41, 5.74) is 5.95. The summed E-state index contributed by atoms with van der Waals surface area (Å²) in [6.45, 7) is 3.14. The fourth-order valence-corrected chi connectivity index (χ4v) is 4.97. The summed E-state index contributed by atoms with van der Waals surface area (Å²) in [6, 6.07) is 12.9. The van der Waals surface area contributed by atoms with Gasteiger partial charge in [0.15, 0.2) is 0 Å². The first-order valence-corrected chi connectivity index (χ1v) is 10.6. The van der Waals surface area contributed by atoms with E-state index in [1.165, 1.54) is 28.6 Å². The highest BCUT2D eigenvalue weighted by Crippen LogP contribution is 2.29. The lowest BCUT2D eigenvalue weighted by Gasteiger charge is -2.31. The fraction of sp³-hybridized carbons (Fsp3) is 0.417. The molecule has 3 heterocycles. The smallest absolute Gasteiger partial charge is 0.251 e. The molecule has 0 radical (unpaired) electrons. The van der Waals surface area contributed by atoms with Crippen LogP contribution in [0.25, 0.3) is 10.9 Å². The maximum Gasteiger partial charge on any atom is 0.251 e. The van der Waals surface area contributed by atoms with Crippen molar-refractivity contribution in [3.05, 3.63) is 75.3 Å². The Labute approximate surface area is 189 Å². The largest absolute Gasteiger partial charge is 0.322 e. The molecule has 1 N–H and O–H groups in total. The normalized spacial score (nSPS) is 17.1. The van der Waals surface area contributed by atoms with Gasteiger partial charge in [-0.1, -0.05) is 18.2 Å². The molecule has 1 aliphatic heterocycles. The molecule has 4 nitrogen and oxygen atoms in total. The number of aryl methyl sites for hydroxylation is 1. The van der Waals surface area contributed by atoms with E-state index in [0.717, 1.165) is 62.8 Å². The van der Waals surface area contributed by atoms with E-state index in [1.807, 2.05) is 12.3 Å². The molecule has 0 spiro atoms. The van der Waals surface area contributed by atoms with Crippen LogP contribution < -0.4 is 5.56 Å². The van der Waals surface area contributed by atoms with E-state index in [1.54, 1.807) is 0 Å². The number of likely N-dealkylation sites (tertiary alicyclic amines) is 1. The van der Waals surface area contributed by atoms with E-state index in [2.05, 4.69) is 45.2 Å². The highest BCUT2D eigenvalue weighted by atomic mass is 35.5. The molecule has 0 atom stereocenters. The van der Waals surface area contributed by atoms with Crippen LogP contribution in [0.5, 0.6) is 0 Å². The lowest BCUT2D eigenvalue weighted by molar-refractivity contribution is 0.203. The van der Waals surface area contributed by atoms with Gasteiger partial charge in [0.25, 0.3) is 5.56 Å². The van der Waals surface area contributed by atoms with E-state index >= 15 is 0 Å². The zero-order valence-electron chi connectivity index (χ0n) is 17.1. The zero-order valence-corrected chi connectivity index (χ0v) is 18.7. The predicted octanol–water partition coefficient (Wildman–Crippen LogP) is 5.03. The Balaban J connectivity index is 0.00000128. The lowest BCUT2D eigenvalue weighted by atomic mass is 9.89. The second kappa shape index (κ2) is 9.95. The van der Waals surface area contributed by atoms with Gasteiger partial charge in [-0.25, -0.2) is 0 Å². The molecule has 1 saturated heterocycles. The van der Waals surface area contributed by atoms with Crippen molar-refractivity contribution in [2.75, 3.05) is 13.1 Å². The molecule has 160 valence electrons. The second-order valence-electron chi connectivity index (χ2n) is 8.30. The van der Waals surface area contributed by atoms with Crippen LogP contribution in [-0.4, -0.2) is 28.0 Å². The van der Waals surface area contributed by atoms with E-state index in [0.29, 0.717) is 5.92 Å². The van der Waals surface area contributed by atoms with Gasteiger partial charge < -0.3 is 4.98 Å². The average molecular weight is 446 g/mol. The van der Waals surface area contributed by atoms with E-state index in [9.17, 15) is 4.79 Å². The van der Waals surface area contributed by atoms with Crippen LogP contribution in [0, 0.1) is 0 Å². The maximum atomic E-state index is 12.5. The third-order valence-electron chi connectivity index (χ3n) is 6.50. The van der Waals surface area contributed by atoms with Crippen molar-refractivity contribution in [2.45, 2.75) is 51.0 Å². The minimum atomic E-state index is 0. The number of rotatable bonds is 3. The molecule has 1 fully saturated rings. The Hall–Kier alpha value is -1.88. The number of pyridine rings is 2. The van der Waals surface area contributed by atoms with Gasteiger partial charge in [-0.15, -0.1) is 24.8 Å². The highest BCUT2D eigenvalue weighted by Gasteiger charge is 2.22. The minimum absolute atomic E-state index is 0. The Morgan fingerprint density at radius 1 is 1.00 bits per heavy atom. The molecular formula is C24H29Cl2N3O. The van der Waals surface area contributed by atoms with Crippen molar-refractivity contribution in [1.29, 1.82) is 0 Å². The van der Waals surface area contributed by atoms with Crippen LogP contribution in [0.1, 0.15) is 54.0 Å². The van der Waals surface area contributed by atoms with Crippen LogP contribution in [-0.2, 0) is 19.4 Å². The highest BCUT2D eigenvalue weighted by molar-refractivity contribution is 5.85. The molecule has 5 rings (SSSR count). The summed E-state index contributed by atoms with van der Waals surface area (Å²) in [4.78, 5) is 22.7. The summed E-state index contributed by atoms with van der Waals surface area (Å²) in [7, 11) is 0. The van der Waals surface area contributed by atoms with Gasteiger partial charge in [0.1, 0.15) is 0 Å². The first-order chi connectivity index (χ1) is 13.8. The third-order valence-corrected chi connectivity index (χ3v) is 6.50. The number of fused-ring (bicyclic) bond motifs is 3. The second-order valence-corrected chi connectivity index (χ2v) is 8.30. The van der Waals surface area contributed by atoms with Crippen LogP contribution in [0.4, 0.5) is 0 Å². The molecule has 2 aliphatic rings. The molecule has 0 unspecified atom stereocenters. The average Bonchev–Trinajstić information content (AvgIpc) is 2.75. The van der Waals surface area contributed by atoms with Gasteiger partial charge >= 0.3 is 0 Å². The van der Waals surface area contributed by atoms with Gasteiger partial charge in [0.2, 0.25) is 0 Å². The number of aromatic nitrogens is 2. The molecule has 6 heteroatoms. The van der Waals surface area contributed by atoms with E-state index in [4.69, 9.17) is 0 Å². The first kappa shape index (κ1) is 22.8. The Bertz CT molecular complexity index is 1040. The Morgan fingerprint density at radius 2 is 1.77 bits per heavy atom. The van der Waals surface area contributed by atoms with E-state index in [-0.39, 0.29) is 30.4 Å². The molecular weight excluding hydrogens is 417 g/mol. The topological polar surface area (TPSA) is 49.0 Å². The summed E-state index contributed by atoms with van der Waals surface area (Å²) in [6.07, 6.45) is 8.51. The molecule has 0 saturated carbocycles. The molecule has 1 aliphatic carbocycles. The fourth-order valence-electron chi connectivity index (χ4n) is 4.97. The van der Waals surface area contributed by atoms with Crippen LogP contribution in [0.15, 0.2) is 47.4 Å². The quantitative estimate of drug-likeness (QED) is 0.614. The zero-order chi connectivity index (χ0) is 18.9. The van der Waals surface area contributed by atoms with Crippen LogP contribution in [0.3, 0.4) is 0 Å². The van der Waals surface area contributed by atoms with Gasteiger partial charge in [-0.3, -0.25) is 14.7 Å². The molecule has 0 bridgehead atoms. The van der Waals surface area contributed by atoms with E-state index < -0.39 is 0 Å². The van der Waals surface area contributed by atoms with Crippen molar-refractivity contribution in [1.82, 2.24) is 14.9 Å². The van der Waals surface area contributed by atoms with Crippen molar-refractivity contribution >= 4 is 35.7 Å². The Morgan fingerprint density at radius 3 is 2.50 bits per heavy atom. The summed E-state index contributed by atoms with van der Waals surface area (Å²) in [5, 5.41) is 1.24. The van der Waals surface area contributed by atoms with Crippen molar-refractivity contribution in [3.63, 3.8) is 0 Å². The van der Waals surface area contributed by atoms with Gasteiger partial charge in [0.05, 0.1) is 0 Å². The van der Waals surface area contributed by atoms with Crippen LogP contribution in [0.2, 0.25) is 0 Å². The predicted molar refractivity (Wildman–Crippen MR) is 127 cm³/mol. The number of nitrogens with one attached hydrogen (secondary N) is 1. The van der Waals surface area contributed by atoms with Crippen LogP contribution >= 0.6 is 24.8 Å². The molecule has 1 aromatic carbocycles.